The Hall–Kier alpha value is -1.46. The maximum absolute atomic E-state index is 13.1. The molecule has 0 saturated heterocycles. The molecule has 1 aromatic heterocycles. The van der Waals surface area contributed by atoms with Crippen LogP contribution in [0.4, 0.5) is 9.52 Å². The van der Waals surface area contributed by atoms with Crippen LogP contribution in [0.5, 0.6) is 0 Å². The number of aromatic nitrogens is 1. The molecular formula is C14H10BrFN2S. The van der Waals surface area contributed by atoms with Gasteiger partial charge in [0.15, 0.2) is 5.13 Å². The second-order valence-electron chi connectivity index (χ2n) is 4.11. The molecule has 0 radical (unpaired) electrons. The van der Waals surface area contributed by atoms with Gasteiger partial charge >= 0.3 is 0 Å². The number of fused-ring (bicyclic) bond motifs is 1. The molecule has 2 nitrogen and oxygen atoms in total. The lowest BCUT2D eigenvalue weighted by atomic mass is 10.2. The number of halogens is 2. The minimum Gasteiger partial charge on any atom is -0.357 e. The predicted molar refractivity (Wildman–Crippen MR) is 81.0 cm³/mol. The van der Waals surface area contributed by atoms with Crippen LogP contribution in [-0.4, -0.2) is 4.98 Å². The van der Waals surface area contributed by atoms with Crippen LogP contribution < -0.4 is 5.32 Å². The number of benzene rings is 2. The molecule has 1 N–H and O–H groups in total. The van der Waals surface area contributed by atoms with Crippen LogP contribution in [0.2, 0.25) is 0 Å². The van der Waals surface area contributed by atoms with E-state index in [1.54, 1.807) is 6.07 Å². The van der Waals surface area contributed by atoms with Crippen molar-refractivity contribution in [2.45, 2.75) is 6.54 Å². The number of thiazole rings is 1. The van der Waals surface area contributed by atoms with E-state index in [4.69, 9.17) is 0 Å². The second-order valence-corrected chi connectivity index (χ2v) is 6.06. The maximum atomic E-state index is 13.1. The Morgan fingerprint density at radius 2 is 2.11 bits per heavy atom. The van der Waals surface area contributed by atoms with E-state index in [0.29, 0.717) is 12.1 Å². The third-order valence-electron chi connectivity index (χ3n) is 2.68. The summed E-state index contributed by atoms with van der Waals surface area (Å²) in [5.74, 6) is -0.253. The average molecular weight is 337 g/mol. The van der Waals surface area contributed by atoms with Gasteiger partial charge in [0.05, 0.1) is 10.2 Å². The number of anilines is 1. The summed E-state index contributed by atoms with van der Waals surface area (Å²) in [6, 6.07) is 12.8. The first-order chi connectivity index (χ1) is 9.20. The van der Waals surface area contributed by atoms with Crippen LogP contribution >= 0.6 is 27.3 Å². The molecule has 0 fully saturated rings. The molecule has 0 amide bonds. The molecular weight excluding hydrogens is 327 g/mol. The molecule has 0 aliphatic heterocycles. The molecule has 0 aliphatic rings. The quantitative estimate of drug-likeness (QED) is 0.742. The first-order valence-corrected chi connectivity index (χ1v) is 7.36. The van der Waals surface area contributed by atoms with Gasteiger partial charge in [0.25, 0.3) is 0 Å². The summed E-state index contributed by atoms with van der Waals surface area (Å²) >= 11 is 4.97. The molecule has 1 heterocycles. The van der Waals surface area contributed by atoms with E-state index in [9.17, 15) is 4.39 Å². The van der Waals surface area contributed by atoms with E-state index in [0.717, 1.165) is 14.3 Å². The van der Waals surface area contributed by atoms with Crippen LogP contribution in [0.15, 0.2) is 46.9 Å². The van der Waals surface area contributed by atoms with Crippen molar-refractivity contribution in [1.82, 2.24) is 4.98 Å². The van der Waals surface area contributed by atoms with Crippen LogP contribution in [-0.2, 0) is 6.54 Å². The van der Waals surface area contributed by atoms with Crippen molar-refractivity contribution in [2.24, 2.45) is 0 Å². The van der Waals surface area contributed by atoms with E-state index in [2.05, 4.69) is 32.3 Å². The van der Waals surface area contributed by atoms with Crippen molar-refractivity contribution >= 4 is 42.6 Å². The lowest BCUT2D eigenvalue weighted by Crippen LogP contribution is -1.98. The lowest BCUT2D eigenvalue weighted by Gasteiger charge is -2.02. The lowest BCUT2D eigenvalue weighted by molar-refractivity contribution is 0.629. The first kappa shape index (κ1) is 12.6. The van der Waals surface area contributed by atoms with Crippen molar-refractivity contribution in [3.05, 3.63) is 58.3 Å². The summed E-state index contributed by atoms with van der Waals surface area (Å²) in [5.41, 5.74) is 1.86. The molecule has 0 unspecified atom stereocenters. The average Bonchev–Trinajstić information content (AvgIpc) is 2.78. The molecule has 2 aromatic carbocycles. The van der Waals surface area contributed by atoms with E-state index < -0.39 is 0 Å². The van der Waals surface area contributed by atoms with Crippen LogP contribution in [0, 0.1) is 5.82 Å². The summed E-state index contributed by atoms with van der Waals surface area (Å²) in [5, 5.41) is 4.07. The Kier molecular flexibility index (Phi) is 3.48. The van der Waals surface area contributed by atoms with Gasteiger partial charge in [-0.05, 0) is 29.8 Å². The van der Waals surface area contributed by atoms with Gasteiger partial charge in [-0.2, -0.15) is 0 Å². The number of hydrogen-bond donors (Lipinski definition) is 1. The maximum Gasteiger partial charge on any atom is 0.184 e. The smallest absolute Gasteiger partial charge is 0.184 e. The highest BCUT2D eigenvalue weighted by Gasteiger charge is 2.04. The van der Waals surface area contributed by atoms with Gasteiger partial charge in [-0.15, -0.1) is 0 Å². The summed E-state index contributed by atoms with van der Waals surface area (Å²) in [6.07, 6.45) is 0. The minimum absolute atomic E-state index is 0.253. The Morgan fingerprint density at radius 1 is 1.21 bits per heavy atom. The molecule has 96 valence electrons. The zero-order valence-corrected chi connectivity index (χ0v) is 12.3. The highest BCUT2D eigenvalue weighted by atomic mass is 79.9. The van der Waals surface area contributed by atoms with E-state index in [1.165, 1.54) is 29.0 Å². The van der Waals surface area contributed by atoms with Crippen LogP contribution in [0.3, 0.4) is 0 Å². The number of hydrogen-bond acceptors (Lipinski definition) is 3. The van der Waals surface area contributed by atoms with Gasteiger partial charge in [0.2, 0.25) is 0 Å². The van der Waals surface area contributed by atoms with Gasteiger partial charge in [-0.3, -0.25) is 0 Å². The number of rotatable bonds is 3. The summed E-state index contributed by atoms with van der Waals surface area (Å²) in [4.78, 5) is 4.37. The second kappa shape index (κ2) is 5.27. The molecule has 3 rings (SSSR count). The highest BCUT2D eigenvalue weighted by Crippen LogP contribution is 2.26. The fraction of sp³-hybridized carbons (Fsp3) is 0.0714. The fourth-order valence-electron chi connectivity index (χ4n) is 1.80. The predicted octanol–water partition coefficient (Wildman–Crippen LogP) is 4.81. The van der Waals surface area contributed by atoms with Gasteiger partial charge in [-0.25, -0.2) is 9.37 Å². The molecule has 3 aromatic rings. The molecule has 0 bridgehead atoms. The Balaban J connectivity index is 1.78. The van der Waals surface area contributed by atoms with Crippen molar-refractivity contribution in [3.8, 4) is 0 Å². The zero-order valence-electron chi connectivity index (χ0n) is 9.86. The zero-order chi connectivity index (χ0) is 13.2. The highest BCUT2D eigenvalue weighted by molar-refractivity contribution is 9.10. The van der Waals surface area contributed by atoms with Crippen LogP contribution in [0.1, 0.15) is 5.56 Å². The van der Waals surface area contributed by atoms with E-state index in [-0.39, 0.29) is 5.82 Å². The van der Waals surface area contributed by atoms with Gasteiger partial charge in [-0.1, -0.05) is 39.4 Å². The standard InChI is InChI=1S/C14H10BrFN2S/c15-10-3-1-2-9(6-10)8-17-14-18-12-7-11(16)4-5-13(12)19-14/h1-7H,8H2,(H,17,18). The van der Waals surface area contributed by atoms with Crippen molar-refractivity contribution in [3.63, 3.8) is 0 Å². The molecule has 0 aliphatic carbocycles. The van der Waals surface area contributed by atoms with Crippen molar-refractivity contribution < 1.29 is 4.39 Å². The minimum atomic E-state index is -0.253. The number of nitrogens with one attached hydrogen (secondary N) is 1. The van der Waals surface area contributed by atoms with Gasteiger partial charge in [0, 0.05) is 17.1 Å². The summed E-state index contributed by atoms with van der Waals surface area (Å²) < 4.78 is 15.1. The van der Waals surface area contributed by atoms with E-state index in [1.807, 2.05) is 18.2 Å². The largest absolute Gasteiger partial charge is 0.357 e. The number of nitrogens with zero attached hydrogens (tertiary/aromatic N) is 1. The molecule has 0 spiro atoms. The molecule has 0 atom stereocenters. The monoisotopic (exact) mass is 336 g/mol. The first-order valence-electron chi connectivity index (χ1n) is 5.75. The molecule has 5 heteroatoms. The summed E-state index contributed by atoms with van der Waals surface area (Å²) in [6.45, 7) is 0.696. The Labute approximate surface area is 122 Å². The van der Waals surface area contributed by atoms with Crippen LogP contribution in [0.25, 0.3) is 10.2 Å². The van der Waals surface area contributed by atoms with Gasteiger partial charge < -0.3 is 5.32 Å². The third-order valence-corrected chi connectivity index (χ3v) is 4.17. The topological polar surface area (TPSA) is 24.9 Å². The Bertz CT molecular complexity index is 726. The van der Waals surface area contributed by atoms with Crippen molar-refractivity contribution in [2.75, 3.05) is 5.32 Å². The fourth-order valence-corrected chi connectivity index (χ4v) is 3.09. The van der Waals surface area contributed by atoms with Gasteiger partial charge in [0.1, 0.15) is 5.82 Å². The molecule has 0 saturated carbocycles. The molecule has 19 heavy (non-hydrogen) atoms. The SMILES string of the molecule is Fc1ccc2sc(NCc3cccc(Br)c3)nc2c1. The van der Waals surface area contributed by atoms with E-state index >= 15 is 0 Å². The summed E-state index contributed by atoms with van der Waals surface area (Å²) in [7, 11) is 0. The normalized spacial score (nSPS) is 10.8. The van der Waals surface area contributed by atoms with Crippen molar-refractivity contribution in [1.29, 1.82) is 0 Å². The Morgan fingerprint density at radius 3 is 2.95 bits per heavy atom. The third kappa shape index (κ3) is 2.93.